The van der Waals surface area contributed by atoms with Crippen molar-refractivity contribution in [1.82, 2.24) is 10.4 Å². The van der Waals surface area contributed by atoms with E-state index < -0.39 is 0 Å². The number of amides is 1. The lowest BCUT2D eigenvalue weighted by molar-refractivity contribution is 0.0955. The van der Waals surface area contributed by atoms with Crippen LogP contribution in [0.2, 0.25) is 0 Å². The number of nitrogens with zero attached hydrogens (tertiary/aromatic N) is 4. The summed E-state index contributed by atoms with van der Waals surface area (Å²) in [4.78, 5) is 12.0. The van der Waals surface area contributed by atoms with Gasteiger partial charge in [-0.25, -0.2) is 5.43 Å². The maximum Gasteiger partial charge on any atom is 0.271 e. The fourth-order valence-corrected chi connectivity index (χ4v) is 1.87. The SMILES string of the molecule is CCOc1ccc(/C=N/NC(=O)c2ccc(N=NN(C)C)cc2)cc1. The minimum Gasteiger partial charge on any atom is -0.494 e. The molecule has 0 spiro atoms. The number of ether oxygens (including phenoxy) is 1. The number of rotatable bonds is 7. The number of hydrogen-bond donors (Lipinski definition) is 1. The number of nitrogens with one attached hydrogen (secondary N) is 1. The largest absolute Gasteiger partial charge is 0.494 e. The molecule has 0 unspecified atom stereocenters. The van der Waals surface area contributed by atoms with Gasteiger partial charge in [0.1, 0.15) is 5.75 Å². The molecule has 25 heavy (non-hydrogen) atoms. The fourth-order valence-electron chi connectivity index (χ4n) is 1.87. The van der Waals surface area contributed by atoms with Crippen LogP contribution in [0.25, 0.3) is 0 Å². The topological polar surface area (TPSA) is 78.6 Å². The van der Waals surface area contributed by atoms with E-state index in [2.05, 4.69) is 20.9 Å². The maximum absolute atomic E-state index is 12.0. The number of carbonyl (C=O) groups excluding carboxylic acids is 1. The van der Waals surface area contributed by atoms with Crippen molar-refractivity contribution in [3.63, 3.8) is 0 Å². The molecule has 0 radical (unpaired) electrons. The van der Waals surface area contributed by atoms with Crippen LogP contribution in [0.4, 0.5) is 5.69 Å². The van der Waals surface area contributed by atoms with Crippen LogP contribution in [0.3, 0.4) is 0 Å². The van der Waals surface area contributed by atoms with Crippen molar-refractivity contribution in [2.24, 2.45) is 15.4 Å². The first kappa shape index (κ1) is 18.1. The van der Waals surface area contributed by atoms with Crippen molar-refractivity contribution in [2.75, 3.05) is 20.7 Å². The first-order valence-corrected chi connectivity index (χ1v) is 7.84. The second-order valence-electron chi connectivity index (χ2n) is 5.28. The molecule has 0 aliphatic rings. The van der Waals surface area contributed by atoms with Gasteiger partial charge in [-0.2, -0.15) is 5.10 Å². The Balaban J connectivity index is 1.90. The highest BCUT2D eigenvalue weighted by Gasteiger charge is 2.03. The van der Waals surface area contributed by atoms with Gasteiger partial charge in [0.15, 0.2) is 0 Å². The third kappa shape index (κ3) is 6.06. The predicted molar refractivity (Wildman–Crippen MR) is 97.3 cm³/mol. The summed E-state index contributed by atoms with van der Waals surface area (Å²) in [6, 6.07) is 14.2. The van der Waals surface area contributed by atoms with Crippen LogP contribution in [-0.2, 0) is 0 Å². The molecule has 0 aliphatic heterocycles. The molecule has 0 aliphatic carbocycles. The van der Waals surface area contributed by atoms with Gasteiger partial charge in [-0.3, -0.25) is 9.80 Å². The minimum atomic E-state index is -0.293. The molecule has 2 rings (SSSR count). The molecule has 1 amide bonds. The summed E-state index contributed by atoms with van der Waals surface area (Å²) in [5.41, 5.74) is 4.52. The highest BCUT2D eigenvalue weighted by Crippen LogP contribution is 2.14. The zero-order valence-electron chi connectivity index (χ0n) is 14.5. The van der Waals surface area contributed by atoms with E-state index in [0.717, 1.165) is 11.3 Å². The highest BCUT2D eigenvalue weighted by molar-refractivity contribution is 5.95. The van der Waals surface area contributed by atoms with Crippen LogP contribution < -0.4 is 10.2 Å². The van der Waals surface area contributed by atoms with Crippen LogP contribution >= 0.6 is 0 Å². The molecule has 0 atom stereocenters. The summed E-state index contributed by atoms with van der Waals surface area (Å²) in [5, 5.41) is 13.5. The van der Waals surface area contributed by atoms with Gasteiger partial charge in [0, 0.05) is 19.7 Å². The third-order valence-corrected chi connectivity index (χ3v) is 3.04. The minimum absolute atomic E-state index is 0.293. The van der Waals surface area contributed by atoms with Crippen molar-refractivity contribution in [3.8, 4) is 5.75 Å². The monoisotopic (exact) mass is 339 g/mol. The molecule has 2 aromatic carbocycles. The van der Waals surface area contributed by atoms with E-state index in [0.29, 0.717) is 17.9 Å². The quantitative estimate of drug-likeness (QED) is 0.477. The first-order chi connectivity index (χ1) is 12.1. The van der Waals surface area contributed by atoms with E-state index in [4.69, 9.17) is 4.74 Å². The average molecular weight is 339 g/mol. The lowest BCUT2D eigenvalue weighted by atomic mass is 10.2. The van der Waals surface area contributed by atoms with Gasteiger partial charge in [-0.05, 0) is 61.0 Å². The molecular weight excluding hydrogens is 318 g/mol. The highest BCUT2D eigenvalue weighted by atomic mass is 16.5. The Hall–Kier alpha value is -3.22. The molecule has 1 N–H and O–H groups in total. The molecule has 0 saturated carbocycles. The number of benzene rings is 2. The Labute approximate surface area is 147 Å². The van der Waals surface area contributed by atoms with Crippen molar-refractivity contribution >= 4 is 17.8 Å². The van der Waals surface area contributed by atoms with E-state index in [1.165, 1.54) is 0 Å². The Morgan fingerprint density at radius 3 is 2.40 bits per heavy atom. The second kappa shape index (κ2) is 9.17. The normalized spacial score (nSPS) is 11.0. The Kier molecular flexibility index (Phi) is 6.65. The van der Waals surface area contributed by atoms with Gasteiger partial charge in [-0.1, -0.05) is 5.22 Å². The van der Waals surface area contributed by atoms with Crippen molar-refractivity contribution < 1.29 is 9.53 Å². The maximum atomic E-state index is 12.0. The zero-order chi connectivity index (χ0) is 18.1. The van der Waals surface area contributed by atoms with E-state index in [1.807, 2.05) is 31.2 Å². The summed E-state index contributed by atoms with van der Waals surface area (Å²) in [5.74, 6) is 0.508. The van der Waals surface area contributed by atoms with Gasteiger partial charge in [0.05, 0.1) is 18.5 Å². The molecule has 2 aromatic rings. The van der Waals surface area contributed by atoms with Gasteiger partial charge in [0.25, 0.3) is 5.91 Å². The molecule has 130 valence electrons. The Bertz CT molecular complexity index is 737. The summed E-state index contributed by atoms with van der Waals surface area (Å²) in [6.45, 7) is 2.56. The fraction of sp³-hybridized carbons (Fsp3) is 0.222. The summed E-state index contributed by atoms with van der Waals surface area (Å²) in [6.07, 6.45) is 1.58. The zero-order valence-corrected chi connectivity index (χ0v) is 14.5. The molecular formula is C18H21N5O2. The third-order valence-electron chi connectivity index (χ3n) is 3.04. The van der Waals surface area contributed by atoms with Crippen molar-refractivity contribution in [2.45, 2.75) is 6.92 Å². The Morgan fingerprint density at radius 1 is 1.12 bits per heavy atom. The van der Waals surface area contributed by atoms with Crippen LogP contribution in [0.5, 0.6) is 5.75 Å². The molecule has 0 aromatic heterocycles. The van der Waals surface area contributed by atoms with Crippen molar-refractivity contribution in [1.29, 1.82) is 0 Å². The van der Waals surface area contributed by atoms with Crippen LogP contribution in [0, 0.1) is 0 Å². The van der Waals surface area contributed by atoms with Gasteiger partial charge >= 0.3 is 0 Å². The molecule has 7 heteroatoms. The van der Waals surface area contributed by atoms with Gasteiger partial charge in [0.2, 0.25) is 0 Å². The first-order valence-electron chi connectivity index (χ1n) is 7.84. The summed E-state index contributed by atoms with van der Waals surface area (Å²) in [7, 11) is 3.57. The van der Waals surface area contributed by atoms with E-state index in [1.54, 1.807) is 49.6 Å². The van der Waals surface area contributed by atoms with Gasteiger partial charge < -0.3 is 4.74 Å². The van der Waals surface area contributed by atoms with Crippen LogP contribution in [-0.4, -0.2) is 37.8 Å². The van der Waals surface area contributed by atoms with E-state index >= 15 is 0 Å². The molecule has 0 fully saturated rings. The average Bonchev–Trinajstić information content (AvgIpc) is 2.62. The van der Waals surface area contributed by atoms with Crippen LogP contribution in [0.15, 0.2) is 64.0 Å². The van der Waals surface area contributed by atoms with E-state index in [-0.39, 0.29) is 5.91 Å². The standard InChI is InChI=1S/C18H21N5O2/c1-4-25-17-11-5-14(6-12-17)13-19-21-18(24)15-7-9-16(10-8-15)20-22-23(2)3/h5-13H,4H2,1-3H3,(H,21,24)/b19-13+,22-20?. The number of hydrazone groups is 1. The summed E-state index contributed by atoms with van der Waals surface area (Å²) < 4.78 is 5.37. The lowest BCUT2D eigenvalue weighted by Gasteiger charge is -2.03. The smallest absolute Gasteiger partial charge is 0.271 e. The molecule has 0 bridgehead atoms. The Morgan fingerprint density at radius 2 is 1.80 bits per heavy atom. The predicted octanol–water partition coefficient (Wildman–Crippen LogP) is 3.41. The molecule has 0 saturated heterocycles. The van der Waals surface area contributed by atoms with Gasteiger partial charge in [-0.15, -0.1) is 5.11 Å². The van der Waals surface area contributed by atoms with Crippen LogP contribution in [0.1, 0.15) is 22.8 Å². The molecule has 0 heterocycles. The van der Waals surface area contributed by atoms with Crippen molar-refractivity contribution in [3.05, 3.63) is 59.7 Å². The second-order valence-corrected chi connectivity index (χ2v) is 5.28. The lowest BCUT2D eigenvalue weighted by Crippen LogP contribution is -2.17. The number of carbonyl (C=O) groups is 1. The molecule has 7 nitrogen and oxygen atoms in total. The number of hydrogen-bond acceptors (Lipinski definition) is 5. The van der Waals surface area contributed by atoms with E-state index in [9.17, 15) is 4.79 Å². The summed E-state index contributed by atoms with van der Waals surface area (Å²) >= 11 is 0.